The Morgan fingerprint density at radius 1 is 0.913 bits per heavy atom. The minimum Gasteiger partial charge on any atom is -0.258 e. The van der Waals surface area contributed by atoms with Crippen molar-refractivity contribution in [1.29, 1.82) is 0 Å². The van der Waals surface area contributed by atoms with Crippen molar-refractivity contribution in [2.45, 2.75) is 17.0 Å². The lowest BCUT2D eigenvalue weighted by atomic mass is 9.97. The van der Waals surface area contributed by atoms with Crippen LogP contribution >= 0.6 is 0 Å². The van der Waals surface area contributed by atoms with Crippen molar-refractivity contribution in [2.24, 2.45) is 0 Å². The summed E-state index contributed by atoms with van der Waals surface area (Å²) in [6.45, 7) is 0. The average molecular weight is 328 g/mol. The van der Waals surface area contributed by atoms with Crippen LogP contribution in [0, 0.1) is 10.1 Å². The lowest BCUT2D eigenvalue weighted by Gasteiger charge is -2.22. The molecule has 0 aliphatic carbocycles. The quantitative estimate of drug-likeness (QED) is 0.493. The lowest BCUT2D eigenvalue weighted by Crippen LogP contribution is -2.28. The largest absolute Gasteiger partial charge is 0.269 e. The fraction of sp³-hybridized carbons (Fsp3) is 0.125. The van der Waals surface area contributed by atoms with E-state index in [-0.39, 0.29) is 22.7 Å². The SMILES string of the molecule is O=[N+]([O-])c1ccc(S(=O)(=O)N2[C@@H]3C=C[C@H]2c2ccccc23)cc1. The van der Waals surface area contributed by atoms with E-state index in [4.69, 9.17) is 0 Å². The van der Waals surface area contributed by atoms with E-state index in [0.29, 0.717) is 0 Å². The Kier molecular flexibility index (Phi) is 2.91. The molecule has 0 unspecified atom stereocenters. The Morgan fingerprint density at radius 3 is 1.91 bits per heavy atom. The van der Waals surface area contributed by atoms with Gasteiger partial charge in [-0.2, -0.15) is 4.31 Å². The van der Waals surface area contributed by atoms with Gasteiger partial charge >= 0.3 is 0 Å². The van der Waals surface area contributed by atoms with E-state index in [1.807, 2.05) is 36.4 Å². The highest BCUT2D eigenvalue weighted by Gasteiger charge is 2.46. The maximum atomic E-state index is 13.0. The smallest absolute Gasteiger partial charge is 0.258 e. The highest BCUT2D eigenvalue weighted by atomic mass is 32.2. The molecule has 0 radical (unpaired) electrons. The molecular formula is C16H12N2O4S. The molecule has 0 aromatic heterocycles. The van der Waals surface area contributed by atoms with Crippen LogP contribution in [0.2, 0.25) is 0 Å². The average Bonchev–Trinajstić information content (AvgIpc) is 3.13. The molecule has 6 nitrogen and oxygen atoms in total. The number of hydrogen-bond donors (Lipinski definition) is 0. The molecule has 0 amide bonds. The topological polar surface area (TPSA) is 80.5 Å². The summed E-state index contributed by atoms with van der Waals surface area (Å²) in [6, 6.07) is 12.0. The van der Waals surface area contributed by atoms with Gasteiger partial charge in [-0.25, -0.2) is 8.42 Å². The Balaban J connectivity index is 1.75. The standard InChI is InChI=1S/C16H12N2O4S/c19-18(20)11-5-7-12(8-6-11)23(21,22)17-15-9-10-16(17)14-4-2-1-3-13(14)15/h1-10,15-16H/t15-,16+. The molecule has 2 atom stereocenters. The van der Waals surface area contributed by atoms with Gasteiger partial charge in [-0.15, -0.1) is 0 Å². The predicted octanol–water partition coefficient (Wildman–Crippen LogP) is 2.95. The Morgan fingerprint density at radius 2 is 1.43 bits per heavy atom. The molecule has 2 aliphatic heterocycles. The molecule has 0 saturated heterocycles. The fourth-order valence-electron chi connectivity index (χ4n) is 3.24. The third-order valence-corrected chi connectivity index (χ3v) is 6.16. The van der Waals surface area contributed by atoms with Crippen LogP contribution in [-0.4, -0.2) is 17.6 Å². The molecule has 116 valence electrons. The molecule has 0 saturated carbocycles. The van der Waals surface area contributed by atoms with Gasteiger partial charge in [0.1, 0.15) is 0 Å². The van der Waals surface area contributed by atoms with E-state index >= 15 is 0 Å². The summed E-state index contributed by atoms with van der Waals surface area (Å²) in [5.74, 6) is 0. The monoisotopic (exact) mass is 328 g/mol. The first-order valence-electron chi connectivity index (χ1n) is 7.05. The van der Waals surface area contributed by atoms with Crippen molar-refractivity contribution in [3.05, 3.63) is 81.9 Å². The zero-order valence-corrected chi connectivity index (χ0v) is 12.7. The summed E-state index contributed by atoms with van der Waals surface area (Å²) in [4.78, 5) is 10.2. The van der Waals surface area contributed by atoms with Crippen LogP contribution < -0.4 is 0 Å². The number of rotatable bonds is 3. The Hall–Kier alpha value is -2.51. The van der Waals surface area contributed by atoms with E-state index in [0.717, 1.165) is 11.1 Å². The van der Waals surface area contributed by atoms with Crippen LogP contribution in [0.3, 0.4) is 0 Å². The first-order valence-corrected chi connectivity index (χ1v) is 8.49. The van der Waals surface area contributed by atoms with E-state index in [1.54, 1.807) is 0 Å². The lowest BCUT2D eigenvalue weighted by molar-refractivity contribution is -0.384. The highest BCUT2D eigenvalue weighted by molar-refractivity contribution is 7.89. The summed E-state index contributed by atoms with van der Waals surface area (Å²) in [6.07, 6.45) is 3.77. The van der Waals surface area contributed by atoms with Crippen molar-refractivity contribution in [1.82, 2.24) is 4.31 Å². The van der Waals surface area contributed by atoms with E-state index in [2.05, 4.69) is 0 Å². The summed E-state index contributed by atoms with van der Waals surface area (Å²) >= 11 is 0. The van der Waals surface area contributed by atoms with Gasteiger partial charge in [0.25, 0.3) is 5.69 Å². The van der Waals surface area contributed by atoms with E-state index in [1.165, 1.54) is 28.6 Å². The molecule has 0 fully saturated rings. The Labute approximate surface area is 132 Å². The molecule has 0 N–H and O–H groups in total. The van der Waals surface area contributed by atoms with Gasteiger partial charge in [-0.3, -0.25) is 10.1 Å². The van der Waals surface area contributed by atoms with Crippen LogP contribution in [-0.2, 0) is 10.0 Å². The van der Waals surface area contributed by atoms with Gasteiger partial charge < -0.3 is 0 Å². The zero-order valence-electron chi connectivity index (χ0n) is 11.9. The molecule has 2 bridgehead atoms. The second kappa shape index (κ2) is 4.74. The van der Waals surface area contributed by atoms with E-state index < -0.39 is 14.9 Å². The van der Waals surface area contributed by atoms with Gasteiger partial charge in [0.15, 0.2) is 0 Å². The molecule has 7 heteroatoms. The van der Waals surface area contributed by atoms with Gasteiger partial charge in [-0.1, -0.05) is 36.4 Å². The van der Waals surface area contributed by atoms with Crippen LogP contribution in [0.5, 0.6) is 0 Å². The molecule has 2 aliphatic rings. The van der Waals surface area contributed by atoms with Crippen molar-refractivity contribution in [3.8, 4) is 0 Å². The molecule has 2 heterocycles. The molecule has 2 aromatic rings. The van der Waals surface area contributed by atoms with Gasteiger partial charge in [-0.05, 0) is 23.3 Å². The summed E-state index contributed by atoms with van der Waals surface area (Å²) in [7, 11) is -3.74. The Bertz CT molecular complexity index is 902. The number of nitro groups is 1. The van der Waals surface area contributed by atoms with Crippen LogP contribution in [0.25, 0.3) is 0 Å². The number of sulfonamides is 1. The van der Waals surface area contributed by atoms with Crippen molar-refractivity contribution in [2.75, 3.05) is 0 Å². The second-order valence-corrected chi connectivity index (χ2v) is 7.33. The highest BCUT2D eigenvalue weighted by Crippen LogP contribution is 2.51. The van der Waals surface area contributed by atoms with Gasteiger partial charge in [0.2, 0.25) is 10.0 Å². The van der Waals surface area contributed by atoms with E-state index in [9.17, 15) is 18.5 Å². The minimum absolute atomic E-state index is 0.0645. The molecule has 23 heavy (non-hydrogen) atoms. The van der Waals surface area contributed by atoms with Crippen LogP contribution in [0.1, 0.15) is 23.2 Å². The zero-order chi connectivity index (χ0) is 16.2. The van der Waals surface area contributed by atoms with Crippen molar-refractivity contribution >= 4 is 15.7 Å². The predicted molar refractivity (Wildman–Crippen MR) is 83.2 cm³/mol. The summed E-state index contributed by atoms with van der Waals surface area (Å²) < 4.78 is 27.4. The number of nitrogens with zero attached hydrogens (tertiary/aromatic N) is 2. The number of nitro benzene ring substituents is 1. The number of benzene rings is 2. The van der Waals surface area contributed by atoms with Gasteiger partial charge in [0.05, 0.1) is 21.9 Å². The van der Waals surface area contributed by atoms with Crippen molar-refractivity contribution in [3.63, 3.8) is 0 Å². The summed E-state index contributed by atoms with van der Waals surface area (Å²) in [5, 5.41) is 10.7. The molecular weight excluding hydrogens is 316 g/mol. The first kappa shape index (κ1) is 14.1. The first-order chi connectivity index (χ1) is 11.0. The van der Waals surface area contributed by atoms with Crippen LogP contribution in [0.4, 0.5) is 5.69 Å². The molecule has 2 aromatic carbocycles. The molecule has 0 spiro atoms. The molecule has 4 rings (SSSR count). The third-order valence-electron chi connectivity index (χ3n) is 4.28. The minimum atomic E-state index is -3.74. The van der Waals surface area contributed by atoms with Gasteiger partial charge in [0, 0.05) is 12.1 Å². The maximum Gasteiger partial charge on any atom is 0.269 e. The normalized spacial score (nSPS) is 22.3. The summed E-state index contributed by atoms with van der Waals surface area (Å²) in [5.41, 5.74) is 1.85. The maximum absolute atomic E-state index is 13.0. The van der Waals surface area contributed by atoms with Crippen molar-refractivity contribution < 1.29 is 13.3 Å². The third kappa shape index (κ3) is 1.94. The number of fused-ring (bicyclic) bond motifs is 5. The fourth-order valence-corrected chi connectivity index (χ4v) is 4.93. The number of hydrogen-bond acceptors (Lipinski definition) is 4. The second-order valence-electron chi connectivity index (χ2n) is 5.49. The number of non-ortho nitro benzene ring substituents is 1. The van der Waals surface area contributed by atoms with Crippen LogP contribution in [0.15, 0.2) is 65.6 Å².